The predicted molar refractivity (Wildman–Crippen MR) is 53.3 cm³/mol. The summed E-state index contributed by atoms with van der Waals surface area (Å²) in [4.78, 5) is 0.768. The Morgan fingerprint density at radius 3 is 2.92 bits per heavy atom. The molecule has 0 saturated carbocycles. The van der Waals surface area contributed by atoms with Crippen molar-refractivity contribution in [2.24, 2.45) is 5.73 Å². The molecule has 0 aliphatic heterocycles. The quantitative estimate of drug-likeness (QED) is 0.779. The fourth-order valence-electron chi connectivity index (χ4n) is 0.968. The normalized spacial score (nSPS) is 12.5. The SMILES string of the molecule is COc1cccc(S(=O)CCN)c1. The number of rotatable bonds is 4. The Bertz CT molecular complexity index is 301. The third kappa shape index (κ3) is 2.82. The molecule has 0 aliphatic rings. The second-order valence-electron chi connectivity index (χ2n) is 2.52. The van der Waals surface area contributed by atoms with Gasteiger partial charge in [0, 0.05) is 17.2 Å². The molecule has 0 bridgehead atoms. The van der Waals surface area contributed by atoms with E-state index >= 15 is 0 Å². The highest BCUT2D eigenvalue weighted by Gasteiger charge is 2.02. The zero-order valence-corrected chi connectivity index (χ0v) is 8.34. The van der Waals surface area contributed by atoms with Crippen LogP contribution in [0.5, 0.6) is 5.75 Å². The number of hydrogen-bond donors (Lipinski definition) is 1. The topological polar surface area (TPSA) is 52.3 Å². The van der Waals surface area contributed by atoms with E-state index in [1.807, 2.05) is 18.2 Å². The van der Waals surface area contributed by atoms with Gasteiger partial charge in [0.1, 0.15) is 5.75 Å². The Balaban J connectivity index is 2.82. The van der Waals surface area contributed by atoms with E-state index in [1.165, 1.54) is 0 Å². The van der Waals surface area contributed by atoms with Crippen LogP contribution >= 0.6 is 0 Å². The summed E-state index contributed by atoms with van der Waals surface area (Å²) in [5, 5.41) is 0. The molecule has 0 saturated heterocycles. The van der Waals surface area contributed by atoms with Gasteiger partial charge in [-0.15, -0.1) is 0 Å². The maximum atomic E-state index is 11.5. The van der Waals surface area contributed by atoms with Gasteiger partial charge in [0.05, 0.1) is 17.9 Å². The summed E-state index contributed by atoms with van der Waals surface area (Å²) in [6, 6.07) is 7.23. The van der Waals surface area contributed by atoms with Crippen LogP contribution in [-0.4, -0.2) is 23.6 Å². The van der Waals surface area contributed by atoms with Crippen LogP contribution in [0.3, 0.4) is 0 Å². The van der Waals surface area contributed by atoms with Crippen LogP contribution in [0.1, 0.15) is 0 Å². The molecule has 0 amide bonds. The van der Waals surface area contributed by atoms with Crippen LogP contribution in [0.2, 0.25) is 0 Å². The zero-order chi connectivity index (χ0) is 9.68. The van der Waals surface area contributed by atoms with Gasteiger partial charge in [-0.2, -0.15) is 0 Å². The van der Waals surface area contributed by atoms with Gasteiger partial charge in [0.2, 0.25) is 0 Å². The fraction of sp³-hybridized carbons (Fsp3) is 0.333. The first-order valence-electron chi connectivity index (χ1n) is 4.00. The van der Waals surface area contributed by atoms with E-state index < -0.39 is 10.8 Å². The van der Waals surface area contributed by atoms with E-state index in [4.69, 9.17) is 10.5 Å². The van der Waals surface area contributed by atoms with Crippen LogP contribution < -0.4 is 10.5 Å². The minimum absolute atomic E-state index is 0.434. The molecule has 1 unspecified atom stereocenters. The molecule has 0 spiro atoms. The first-order valence-corrected chi connectivity index (χ1v) is 5.32. The second-order valence-corrected chi connectivity index (χ2v) is 4.09. The number of ether oxygens (including phenoxy) is 1. The van der Waals surface area contributed by atoms with Crippen LogP contribution in [0.25, 0.3) is 0 Å². The van der Waals surface area contributed by atoms with Gasteiger partial charge in [0.15, 0.2) is 0 Å². The lowest BCUT2D eigenvalue weighted by molar-refractivity contribution is 0.413. The van der Waals surface area contributed by atoms with Gasteiger partial charge < -0.3 is 10.5 Å². The Hall–Kier alpha value is -0.870. The molecular formula is C9H13NO2S. The molecule has 2 N–H and O–H groups in total. The molecule has 1 atom stereocenters. The van der Waals surface area contributed by atoms with Gasteiger partial charge >= 0.3 is 0 Å². The van der Waals surface area contributed by atoms with Crippen molar-refractivity contribution in [1.29, 1.82) is 0 Å². The average molecular weight is 199 g/mol. The Labute approximate surface area is 80.4 Å². The van der Waals surface area contributed by atoms with Gasteiger partial charge in [-0.25, -0.2) is 0 Å². The first-order chi connectivity index (χ1) is 6.27. The summed E-state index contributed by atoms with van der Waals surface area (Å²) in [6.45, 7) is 0.434. The number of nitrogens with two attached hydrogens (primary N) is 1. The van der Waals surface area contributed by atoms with Crippen molar-refractivity contribution in [3.63, 3.8) is 0 Å². The highest BCUT2D eigenvalue weighted by atomic mass is 32.2. The summed E-state index contributed by atoms with van der Waals surface area (Å²) in [7, 11) is 0.588. The number of methoxy groups -OCH3 is 1. The molecule has 3 nitrogen and oxygen atoms in total. The lowest BCUT2D eigenvalue weighted by Crippen LogP contribution is -2.10. The van der Waals surface area contributed by atoms with E-state index in [0.29, 0.717) is 12.3 Å². The van der Waals surface area contributed by atoms with Gasteiger partial charge in [-0.05, 0) is 18.2 Å². The maximum absolute atomic E-state index is 11.5. The van der Waals surface area contributed by atoms with Crippen LogP contribution in [-0.2, 0) is 10.8 Å². The lowest BCUT2D eigenvalue weighted by atomic mass is 10.3. The average Bonchev–Trinajstić information content (AvgIpc) is 2.18. The summed E-state index contributed by atoms with van der Waals surface area (Å²) in [5.74, 6) is 1.22. The van der Waals surface area contributed by atoms with Crippen molar-refractivity contribution in [2.75, 3.05) is 19.4 Å². The molecule has 0 fully saturated rings. The Morgan fingerprint density at radius 2 is 2.31 bits per heavy atom. The molecule has 1 rings (SSSR count). The lowest BCUT2D eigenvalue weighted by Gasteiger charge is -2.03. The van der Waals surface area contributed by atoms with E-state index in [-0.39, 0.29) is 0 Å². The third-order valence-electron chi connectivity index (χ3n) is 1.61. The third-order valence-corrected chi connectivity index (χ3v) is 2.99. The van der Waals surface area contributed by atoms with Crippen molar-refractivity contribution >= 4 is 10.8 Å². The van der Waals surface area contributed by atoms with Crippen molar-refractivity contribution in [1.82, 2.24) is 0 Å². The molecule has 0 radical (unpaired) electrons. The predicted octanol–water partition coefficient (Wildman–Crippen LogP) is 0.761. The Kier molecular flexibility index (Phi) is 3.92. The summed E-state index contributed by atoms with van der Waals surface area (Å²) < 4.78 is 16.5. The van der Waals surface area contributed by atoms with E-state index in [2.05, 4.69) is 0 Å². The van der Waals surface area contributed by atoms with Crippen molar-refractivity contribution in [3.05, 3.63) is 24.3 Å². The molecule has 0 heterocycles. The second kappa shape index (κ2) is 4.99. The fourth-order valence-corrected chi connectivity index (χ4v) is 1.90. The van der Waals surface area contributed by atoms with E-state index in [0.717, 1.165) is 10.6 Å². The highest BCUT2D eigenvalue weighted by Crippen LogP contribution is 2.15. The van der Waals surface area contributed by atoms with Crippen molar-refractivity contribution in [2.45, 2.75) is 4.90 Å². The molecule has 0 aromatic heterocycles. The van der Waals surface area contributed by atoms with Gasteiger partial charge in [-0.3, -0.25) is 4.21 Å². The van der Waals surface area contributed by atoms with Crippen LogP contribution in [0.4, 0.5) is 0 Å². The van der Waals surface area contributed by atoms with Crippen molar-refractivity contribution in [3.8, 4) is 5.75 Å². The standard InChI is InChI=1S/C9H13NO2S/c1-12-8-3-2-4-9(7-8)13(11)6-5-10/h2-4,7H,5-6,10H2,1H3. The highest BCUT2D eigenvalue weighted by molar-refractivity contribution is 7.85. The van der Waals surface area contributed by atoms with E-state index in [1.54, 1.807) is 13.2 Å². The molecular weight excluding hydrogens is 186 g/mol. The van der Waals surface area contributed by atoms with E-state index in [9.17, 15) is 4.21 Å². The molecule has 1 aromatic rings. The van der Waals surface area contributed by atoms with Gasteiger partial charge in [-0.1, -0.05) is 6.07 Å². The minimum atomic E-state index is -1.00. The minimum Gasteiger partial charge on any atom is -0.497 e. The smallest absolute Gasteiger partial charge is 0.120 e. The monoisotopic (exact) mass is 199 g/mol. The molecule has 72 valence electrons. The Morgan fingerprint density at radius 1 is 1.54 bits per heavy atom. The first kappa shape index (κ1) is 10.2. The summed E-state index contributed by atoms with van der Waals surface area (Å²) in [5.41, 5.74) is 5.31. The zero-order valence-electron chi connectivity index (χ0n) is 7.53. The number of hydrogen-bond acceptors (Lipinski definition) is 3. The summed E-state index contributed by atoms with van der Waals surface area (Å²) >= 11 is 0. The molecule has 1 aromatic carbocycles. The molecule has 4 heteroatoms. The van der Waals surface area contributed by atoms with Crippen molar-refractivity contribution < 1.29 is 8.95 Å². The van der Waals surface area contributed by atoms with Gasteiger partial charge in [0.25, 0.3) is 0 Å². The van der Waals surface area contributed by atoms with Crippen LogP contribution in [0, 0.1) is 0 Å². The van der Waals surface area contributed by atoms with Crippen LogP contribution in [0.15, 0.2) is 29.2 Å². The maximum Gasteiger partial charge on any atom is 0.120 e. The number of benzene rings is 1. The molecule has 0 aliphatic carbocycles. The largest absolute Gasteiger partial charge is 0.497 e. The molecule has 13 heavy (non-hydrogen) atoms. The summed E-state index contributed by atoms with van der Waals surface area (Å²) in [6.07, 6.45) is 0.